The third kappa shape index (κ3) is 6.09. The summed E-state index contributed by atoms with van der Waals surface area (Å²) in [4.78, 5) is 14.8. The Hall–Kier alpha value is -2.82. The maximum Gasteiger partial charge on any atom is 0.258 e. The van der Waals surface area contributed by atoms with Crippen molar-refractivity contribution in [1.82, 2.24) is 9.47 Å². The largest absolute Gasteiger partial charge is 0.489 e. The van der Waals surface area contributed by atoms with Gasteiger partial charge in [0.2, 0.25) is 0 Å². The van der Waals surface area contributed by atoms with Crippen LogP contribution in [0.25, 0.3) is 11.8 Å². The van der Waals surface area contributed by atoms with Crippen LogP contribution < -0.4 is 10.3 Å². The van der Waals surface area contributed by atoms with E-state index in [4.69, 9.17) is 16.3 Å². The minimum atomic E-state index is -0.134. The SMILES string of the molecule is CC(C)N(C)CC=Cc1ccc(-n2ccc(OCc3ccc(Cl)cc3)cc2=O)cc1. The molecule has 0 unspecified atom stereocenters. The first-order valence-electron chi connectivity index (χ1n) is 9.99. The molecule has 0 bridgehead atoms. The van der Waals surface area contributed by atoms with Crippen molar-refractivity contribution in [3.8, 4) is 11.4 Å². The molecule has 0 saturated carbocycles. The molecule has 5 heteroatoms. The van der Waals surface area contributed by atoms with Crippen LogP contribution in [0.5, 0.6) is 5.75 Å². The minimum Gasteiger partial charge on any atom is -0.489 e. The van der Waals surface area contributed by atoms with Crippen LogP contribution in [0.2, 0.25) is 5.02 Å². The van der Waals surface area contributed by atoms with Gasteiger partial charge in [0.05, 0.1) is 0 Å². The Morgan fingerprint density at radius 1 is 1.07 bits per heavy atom. The second-order valence-electron chi connectivity index (χ2n) is 7.51. The summed E-state index contributed by atoms with van der Waals surface area (Å²) in [5.41, 5.74) is 2.78. The number of rotatable bonds is 8. The molecule has 0 radical (unpaired) electrons. The first kappa shape index (κ1) is 21.9. The molecule has 3 rings (SSSR count). The van der Waals surface area contributed by atoms with Crippen LogP contribution in [0.15, 0.2) is 77.7 Å². The van der Waals surface area contributed by atoms with Crippen LogP contribution in [-0.4, -0.2) is 29.1 Å². The normalized spacial score (nSPS) is 11.5. The van der Waals surface area contributed by atoms with Gasteiger partial charge in [0, 0.05) is 35.6 Å². The molecule has 0 atom stereocenters. The summed E-state index contributed by atoms with van der Waals surface area (Å²) in [7, 11) is 2.10. The topological polar surface area (TPSA) is 34.5 Å². The number of pyridine rings is 1. The standard InChI is InChI=1S/C25H27ClN2O2/c1-19(2)27(3)15-4-5-20-8-12-23(13-9-20)28-16-14-24(17-25(28)29)30-18-21-6-10-22(26)11-7-21/h4-14,16-17,19H,15,18H2,1-3H3. The highest BCUT2D eigenvalue weighted by Gasteiger charge is 2.03. The number of nitrogens with zero attached hydrogens (tertiary/aromatic N) is 2. The Morgan fingerprint density at radius 3 is 2.40 bits per heavy atom. The van der Waals surface area contributed by atoms with E-state index in [0.29, 0.717) is 23.4 Å². The van der Waals surface area contributed by atoms with E-state index in [0.717, 1.165) is 23.4 Å². The molecule has 0 saturated heterocycles. The van der Waals surface area contributed by atoms with E-state index in [9.17, 15) is 4.79 Å². The van der Waals surface area contributed by atoms with Crippen molar-refractivity contribution in [2.45, 2.75) is 26.5 Å². The lowest BCUT2D eigenvalue weighted by atomic mass is 10.2. The Balaban J connectivity index is 1.63. The average Bonchev–Trinajstić information content (AvgIpc) is 2.74. The second kappa shape index (κ2) is 10.3. The van der Waals surface area contributed by atoms with Crippen molar-refractivity contribution in [1.29, 1.82) is 0 Å². The fourth-order valence-electron chi connectivity index (χ4n) is 2.82. The fraction of sp³-hybridized carbons (Fsp3) is 0.240. The highest BCUT2D eigenvalue weighted by Crippen LogP contribution is 2.15. The molecule has 30 heavy (non-hydrogen) atoms. The van der Waals surface area contributed by atoms with E-state index in [1.54, 1.807) is 16.8 Å². The van der Waals surface area contributed by atoms with Gasteiger partial charge in [-0.15, -0.1) is 0 Å². The quantitative estimate of drug-likeness (QED) is 0.486. The third-order valence-electron chi connectivity index (χ3n) is 4.97. The summed E-state index contributed by atoms with van der Waals surface area (Å²) in [6.07, 6.45) is 5.98. The molecule has 1 aromatic heterocycles. The van der Waals surface area contributed by atoms with E-state index in [-0.39, 0.29) is 5.56 Å². The molecular formula is C25H27ClN2O2. The van der Waals surface area contributed by atoms with Crippen molar-refractivity contribution in [2.75, 3.05) is 13.6 Å². The van der Waals surface area contributed by atoms with Gasteiger partial charge in [-0.1, -0.05) is 48.0 Å². The van der Waals surface area contributed by atoms with Crippen LogP contribution in [0.1, 0.15) is 25.0 Å². The molecule has 0 spiro atoms. The van der Waals surface area contributed by atoms with Crippen LogP contribution in [-0.2, 0) is 6.61 Å². The number of hydrogen-bond acceptors (Lipinski definition) is 3. The van der Waals surface area contributed by atoms with Gasteiger partial charge in [0.15, 0.2) is 0 Å². The molecule has 0 amide bonds. The summed E-state index contributed by atoms with van der Waals surface area (Å²) < 4.78 is 7.34. The lowest BCUT2D eigenvalue weighted by Gasteiger charge is -2.18. The van der Waals surface area contributed by atoms with Crippen molar-refractivity contribution in [3.63, 3.8) is 0 Å². The predicted molar refractivity (Wildman–Crippen MR) is 125 cm³/mol. The zero-order valence-corrected chi connectivity index (χ0v) is 18.3. The van der Waals surface area contributed by atoms with Gasteiger partial charge in [-0.25, -0.2) is 0 Å². The maximum atomic E-state index is 12.5. The number of benzene rings is 2. The van der Waals surface area contributed by atoms with Gasteiger partial charge < -0.3 is 9.64 Å². The zero-order valence-electron chi connectivity index (χ0n) is 17.6. The number of likely N-dealkylation sites (N-methyl/N-ethyl adjacent to an activating group) is 1. The van der Waals surface area contributed by atoms with E-state index in [1.165, 1.54) is 6.07 Å². The van der Waals surface area contributed by atoms with Crippen LogP contribution in [0.4, 0.5) is 0 Å². The molecule has 0 fully saturated rings. The zero-order chi connectivity index (χ0) is 21.5. The Labute approximate surface area is 183 Å². The molecule has 1 heterocycles. The molecule has 0 aliphatic heterocycles. The monoisotopic (exact) mass is 422 g/mol. The first-order chi connectivity index (χ1) is 14.4. The van der Waals surface area contributed by atoms with Gasteiger partial charge in [0.25, 0.3) is 5.56 Å². The second-order valence-corrected chi connectivity index (χ2v) is 7.95. The van der Waals surface area contributed by atoms with E-state index >= 15 is 0 Å². The number of hydrogen-bond donors (Lipinski definition) is 0. The van der Waals surface area contributed by atoms with E-state index < -0.39 is 0 Å². The van der Waals surface area contributed by atoms with E-state index in [2.05, 4.69) is 37.9 Å². The van der Waals surface area contributed by atoms with Crippen LogP contribution in [0, 0.1) is 0 Å². The molecule has 3 aromatic rings. The molecule has 4 nitrogen and oxygen atoms in total. The van der Waals surface area contributed by atoms with E-state index in [1.807, 2.05) is 48.5 Å². The van der Waals surface area contributed by atoms with Gasteiger partial charge >= 0.3 is 0 Å². The molecule has 156 valence electrons. The Bertz CT molecular complexity index is 1040. The third-order valence-corrected chi connectivity index (χ3v) is 5.22. The fourth-order valence-corrected chi connectivity index (χ4v) is 2.95. The smallest absolute Gasteiger partial charge is 0.258 e. The Kier molecular flexibility index (Phi) is 7.50. The summed E-state index contributed by atoms with van der Waals surface area (Å²) in [5.74, 6) is 0.542. The summed E-state index contributed by atoms with van der Waals surface area (Å²) in [6.45, 7) is 5.63. The van der Waals surface area contributed by atoms with Crippen molar-refractivity contribution in [3.05, 3.63) is 99.4 Å². The van der Waals surface area contributed by atoms with Gasteiger partial charge in [0.1, 0.15) is 12.4 Å². The lowest BCUT2D eigenvalue weighted by Crippen LogP contribution is -2.26. The van der Waals surface area contributed by atoms with Crippen molar-refractivity contribution >= 4 is 17.7 Å². The Morgan fingerprint density at radius 2 is 1.77 bits per heavy atom. The number of halogens is 1. The maximum absolute atomic E-state index is 12.5. The number of aromatic nitrogens is 1. The summed E-state index contributed by atoms with van der Waals surface area (Å²) >= 11 is 5.89. The number of ether oxygens (including phenoxy) is 1. The van der Waals surface area contributed by atoms with Crippen LogP contribution >= 0.6 is 11.6 Å². The highest BCUT2D eigenvalue weighted by atomic mass is 35.5. The predicted octanol–water partition coefficient (Wildman–Crippen LogP) is 5.42. The van der Waals surface area contributed by atoms with Crippen molar-refractivity contribution < 1.29 is 4.74 Å². The van der Waals surface area contributed by atoms with Gasteiger partial charge in [-0.2, -0.15) is 0 Å². The molecule has 2 aromatic carbocycles. The molecule has 0 N–H and O–H groups in total. The van der Waals surface area contributed by atoms with Gasteiger partial charge in [-0.3, -0.25) is 9.36 Å². The molecule has 0 aliphatic rings. The highest BCUT2D eigenvalue weighted by molar-refractivity contribution is 6.30. The lowest BCUT2D eigenvalue weighted by molar-refractivity contribution is 0.303. The average molecular weight is 423 g/mol. The summed E-state index contributed by atoms with van der Waals surface area (Å²) in [6, 6.07) is 19.2. The van der Waals surface area contributed by atoms with Gasteiger partial charge in [-0.05, 0) is 62.4 Å². The minimum absolute atomic E-state index is 0.134. The molecular weight excluding hydrogens is 396 g/mol. The van der Waals surface area contributed by atoms with Crippen molar-refractivity contribution in [2.24, 2.45) is 0 Å². The first-order valence-corrected chi connectivity index (χ1v) is 10.4. The molecule has 0 aliphatic carbocycles. The summed E-state index contributed by atoms with van der Waals surface area (Å²) in [5, 5.41) is 0.686. The van der Waals surface area contributed by atoms with Crippen LogP contribution in [0.3, 0.4) is 0 Å².